The topological polar surface area (TPSA) is 60.5 Å². The van der Waals surface area contributed by atoms with Crippen LogP contribution in [0.1, 0.15) is 17.3 Å². The van der Waals surface area contributed by atoms with Crippen LogP contribution < -0.4 is 10.1 Å². The van der Waals surface area contributed by atoms with Crippen molar-refractivity contribution in [2.75, 3.05) is 26.3 Å². The van der Waals surface area contributed by atoms with Gasteiger partial charge in [-0.15, -0.1) is 0 Å². The van der Waals surface area contributed by atoms with E-state index >= 15 is 0 Å². The summed E-state index contributed by atoms with van der Waals surface area (Å²) in [6, 6.07) is 1.71. The van der Waals surface area contributed by atoms with Crippen molar-refractivity contribution in [2.45, 2.75) is 13.0 Å². The Bertz CT molecular complexity index is 389. The molecule has 0 radical (unpaired) electrons. The summed E-state index contributed by atoms with van der Waals surface area (Å²) in [7, 11) is 0. The van der Waals surface area contributed by atoms with E-state index in [4.69, 9.17) is 9.47 Å². The molecule has 1 aliphatic rings. The number of Topliss-reactive ketones (excluding diaryl/α,β-unsaturated/α-hetero) is 1. The summed E-state index contributed by atoms with van der Waals surface area (Å²) >= 11 is 0. The van der Waals surface area contributed by atoms with Crippen molar-refractivity contribution in [3.05, 3.63) is 24.0 Å². The van der Waals surface area contributed by atoms with E-state index in [9.17, 15) is 4.79 Å². The molecule has 2 heterocycles. The summed E-state index contributed by atoms with van der Waals surface area (Å²) in [5.74, 6) is 0.563. The number of hydrogen-bond donors (Lipinski definition) is 1. The lowest BCUT2D eigenvalue weighted by Gasteiger charge is -2.22. The van der Waals surface area contributed by atoms with Crippen molar-refractivity contribution in [3.8, 4) is 5.75 Å². The lowest BCUT2D eigenvalue weighted by Crippen LogP contribution is -2.43. The summed E-state index contributed by atoms with van der Waals surface area (Å²) in [5, 5.41) is 3.13. The van der Waals surface area contributed by atoms with Gasteiger partial charge in [0.1, 0.15) is 11.9 Å². The van der Waals surface area contributed by atoms with Crippen molar-refractivity contribution in [2.24, 2.45) is 0 Å². The van der Waals surface area contributed by atoms with Gasteiger partial charge in [-0.25, -0.2) is 0 Å². The van der Waals surface area contributed by atoms with Gasteiger partial charge in [0.15, 0.2) is 5.78 Å². The molecule has 1 unspecified atom stereocenters. The number of morpholine rings is 1. The molecular formula is C12H16N2O3. The minimum atomic E-state index is -0.414. The molecule has 0 saturated carbocycles. The monoisotopic (exact) mass is 236 g/mol. The second kappa shape index (κ2) is 5.75. The number of aromatic nitrogens is 1. The fraction of sp³-hybridized carbons (Fsp3) is 0.500. The highest BCUT2D eigenvalue weighted by Gasteiger charge is 2.23. The zero-order valence-electron chi connectivity index (χ0n) is 9.81. The van der Waals surface area contributed by atoms with Gasteiger partial charge in [0.05, 0.1) is 19.4 Å². The lowest BCUT2D eigenvalue weighted by molar-refractivity contribution is 0.0269. The standard InChI is InChI=1S/C12H16N2O3/c1-2-16-10-5-9(6-14-7-10)12(15)11-8-13-3-4-17-11/h5-7,11,13H,2-4,8H2,1H3. The van der Waals surface area contributed by atoms with Gasteiger partial charge in [-0.2, -0.15) is 0 Å². The summed E-state index contributed by atoms with van der Waals surface area (Å²) in [6.45, 7) is 4.36. The van der Waals surface area contributed by atoms with Gasteiger partial charge in [-0.1, -0.05) is 0 Å². The molecule has 1 aromatic heterocycles. The third kappa shape index (κ3) is 3.01. The molecule has 1 N–H and O–H groups in total. The van der Waals surface area contributed by atoms with Crippen LogP contribution in [0.25, 0.3) is 0 Å². The molecule has 5 heteroatoms. The van der Waals surface area contributed by atoms with Crippen molar-refractivity contribution in [1.82, 2.24) is 10.3 Å². The predicted octanol–water partition coefficient (Wildman–Crippen LogP) is 0.651. The number of pyridine rings is 1. The van der Waals surface area contributed by atoms with E-state index in [2.05, 4.69) is 10.3 Å². The second-order valence-electron chi connectivity index (χ2n) is 3.77. The molecular weight excluding hydrogens is 220 g/mol. The highest BCUT2D eigenvalue weighted by molar-refractivity contribution is 5.99. The van der Waals surface area contributed by atoms with Crippen molar-refractivity contribution in [1.29, 1.82) is 0 Å². The third-order valence-corrected chi connectivity index (χ3v) is 2.53. The van der Waals surface area contributed by atoms with E-state index in [-0.39, 0.29) is 5.78 Å². The Labute approximate surface area is 100 Å². The first-order chi connectivity index (χ1) is 8.31. The fourth-order valence-electron chi connectivity index (χ4n) is 1.72. The van der Waals surface area contributed by atoms with Crippen molar-refractivity contribution >= 4 is 5.78 Å². The summed E-state index contributed by atoms with van der Waals surface area (Å²) < 4.78 is 10.7. The number of carbonyl (C=O) groups is 1. The number of ketones is 1. The number of hydrogen-bond acceptors (Lipinski definition) is 5. The third-order valence-electron chi connectivity index (χ3n) is 2.53. The van der Waals surface area contributed by atoms with Crippen LogP contribution in [0.5, 0.6) is 5.75 Å². The van der Waals surface area contributed by atoms with Crippen LogP contribution in [0.15, 0.2) is 18.5 Å². The minimum absolute atomic E-state index is 0.0498. The predicted molar refractivity (Wildman–Crippen MR) is 62.3 cm³/mol. The maximum absolute atomic E-state index is 12.1. The minimum Gasteiger partial charge on any atom is -0.492 e. The molecule has 17 heavy (non-hydrogen) atoms. The highest BCUT2D eigenvalue weighted by Crippen LogP contribution is 2.14. The summed E-state index contributed by atoms with van der Waals surface area (Å²) in [4.78, 5) is 16.1. The van der Waals surface area contributed by atoms with E-state index in [0.29, 0.717) is 31.1 Å². The smallest absolute Gasteiger partial charge is 0.194 e. The fourth-order valence-corrected chi connectivity index (χ4v) is 1.72. The Morgan fingerprint density at radius 1 is 1.65 bits per heavy atom. The van der Waals surface area contributed by atoms with Crippen LogP contribution in [-0.4, -0.2) is 43.2 Å². The number of nitrogens with one attached hydrogen (secondary N) is 1. The van der Waals surface area contributed by atoms with Gasteiger partial charge in [0, 0.05) is 24.8 Å². The molecule has 1 saturated heterocycles. The molecule has 0 amide bonds. The van der Waals surface area contributed by atoms with Gasteiger partial charge in [0.25, 0.3) is 0 Å². The van der Waals surface area contributed by atoms with Crippen LogP contribution in [0, 0.1) is 0 Å². The van der Waals surface area contributed by atoms with Crippen LogP contribution in [0.3, 0.4) is 0 Å². The van der Waals surface area contributed by atoms with Gasteiger partial charge < -0.3 is 14.8 Å². The first kappa shape index (κ1) is 12.0. The highest BCUT2D eigenvalue weighted by atomic mass is 16.5. The maximum atomic E-state index is 12.1. The van der Waals surface area contributed by atoms with E-state index in [1.54, 1.807) is 18.5 Å². The van der Waals surface area contributed by atoms with Crippen molar-refractivity contribution < 1.29 is 14.3 Å². The first-order valence-electron chi connectivity index (χ1n) is 5.75. The number of carbonyl (C=O) groups excluding carboxylic acids is 1. The largest absolute Gasteiger partial charge is 0.492 e. The average Bonchev–Trinajstić information content (AvgIpc) is 2.40. The number of nitrogens with zero attached hydrogens (tertiary/aromatic N) is 1. The first-order valence-corrected chi connectivity index (χ1v) is 5.75. The van der Waals surface area contributed by atoms with E-state index in [1.807, 2.05) is 6.92 Å². The molecule has 5 nitrogen and oxygen atoms in total. The molecule has 1 fully saturated rings. The lowest BCUT2D eigenvalue weighted by atomic mass is 10.1. The van der Waals surface area contributed by atoms with Gasteiger partial charge in [-0.05, 0) is 13.0 Å². The van der Waals surface area contributed by atoms with Crippen molar-refractivity contribution in [3.63, 3.8) is 0 Å². The van der Waals surface area contributed by atoms with E-state index in [0.717, 1.165) is 6.54 Å². The molecule has 1 aromatic rings. The molecule has 0 bridgehead atoms. The van der Waals surface area contributed by atoms with E-state index < -0.39 is 6.10 Å². The number of rotatable bonds is 4. The molecule has 0 spiro atoms. The second-order valence-corrected chi connectivity index (χ2v) is 3.77. The zero-order valence-corrected chi connectivity index (χ0v) is 9.81. The van der Waals surface area contributed by atoms with Gasteiger partial charge in [-0.3, -0.25) is 9.78 Å². The molecule has 0 aromatic carbocycles. The van der Waals surface area contributed by atoms with Crippen LogP contribution in [-0.2, 0) is 4.74 Å². The zero-order chi connectivity index (χ0) is 12.1. The quantitative estimate of drug-likeness (QED) is 0.778. The molecule has 1 atom stereocenters. The summed E-state index contributed by atoms with van der Waals surface area (Å²) in [6.07, 6.45) is 2.73. The Balaban J connectivity index is 2.09. The maximum Gasteiger partial charge on any atom is 0.194 e. The van der Waals surface area contributed by atoms with Crippen LogP contribution in [0.2, 0.25) is 0 Å². The normalized spacial score (nSPS) is 19.9. The number of ether oxygens (including phenoxy) is 2. The van der Waals surface area contributed by atoms with Crippen LogP contribution >= 0.6 is 0 Å². The molecule has 2 rings (SSSR count). The Morgan fingerprint density at radius 2 is 2.53 bits per heavy atom. The van der Waals surface area contributed by atoms with Gasteiger partial charge in [0.2, 0.25) is 0 Å². The molecule has 92 valence electrons. The Hall–Kier alpha value is -1.46. The SMILES string of the molecule is CCOc1cncc(C(=O)C2CNCCO2)c1. The Morgan fingerprint density at radius 3 is 3.24 bits per heavy atom. The molecule has 1 aliphatic heterocycles. The average molecular weight is 236 g/mol. The van der Waals surface area contributed by atoms with Gasteiger partial charge >= 0.3 is 0 Å². The molecule has 0 aliphatic carbocycles. The van der Waals surface area contributed by atoms with Crippen LogP contribution in [0.4, 0.5) is 0 Å². The van der Waals surface area contributed by atoms with E-state index in [1.165, 1.54) is 0 Å². The summed E-state index contributed by atoms with van der Waals surface area (Å²) in [5.41, 5.74) is 0.532. The Kier molecular flexibility index (Phi) is 4.06.